The van der Waals surface area contributed by atoms with E-state index in [4.69, 9.17) is 0 Å². The van der Waals surface area contributed by atoms with Crippen molar-refractivity contribution in [1.82, 2.24) is 0 Å². The Labute approximate surface area is 167 Å². The first-order valence-corrected chi connectivity index (χ1v) is 9.63. The van der Waals surface area contributed by atoms with Gasteiger partial charge >= 0.3 is 0 Å². The molecule has 0 radical (unpaired) electrons. The first-order chi connectivity index (χ1) is 13.6. The average molecular weight is 366 g/mol. The molecule has 3 rings (SSSR count). The van der Waals surface area contributed by atoms with Gasteiger partial charge in [0.25, 0.3) is 0 Å². The third-order valence-electron chi connectivity index (χ3n) is 4.48. The quantitative estimate of drug-likeness (QED) is 0.479. The van der Waals surface area contributed by atoms with E-state index in [2.05, 4.69) is 54.9 Å². The van der Waals surface area contributed by atoms with E-state index in [0.29, 0.717) is 5.56 Å². The number of halogens is 1. The summed E-state index contributed by atoms with van der Waals surface area (Å²) in [6, 6.07) is 21.3. The van der Waals surface area contributed by atoms with E-state index >= 15 is 0 Å². The third kappa shape index (κ3) is 5.60. The SMILES string of the molecule is CCCCc1ccc(C#Cc2ccc(C#Cc3ccc(C)cc3F)cc2)cc1. The van der Waals surface area contributed by atoms with Crippen LogP contribution in [0.2, 0.25) is 0 Å². The van der Waals surface area contributed by atoms with Crippen LogP contribution >= 0.6 is 0 Å². The van der Waals surface area contributed by atoms with Crippen molar-refractivity contribution in [3.05, 3.63) is 106 Å². The van der Waals surface area contributed by atoms with E-state index in [0.717, 1.165) is 28.7 Å². The minimum absolute atomic E-state index is 0.282. The van der Waals surface area contributed by atoms with Crippen molar-refractivity contribution >= 4 is 0 Å². The Balaban J connectivity index is 1.67. The van der Waals surface area contributed by atoms with E-state index in [1.54, 1.807) is 6.07 Å². The molecule has 0 atom stereocenters. The van der Waals surface area contributed by atoms with Crippen molar-refractivity contribution in [1.29, 1.82) is 0 Å². The maximum absolute atomic E-state index is 13.8. The fraction of sp³-hybridized carbons (Fsp3) is 0.185. The zero-order valence-electron chi connectivity index (χ0n) is 16.4. The average Bonchev–Trinajstić information content (AvgIpc) is 2.71. The summed E-state index contributed by atoms with van der Waals surface area (Å²) in [5.41, 5.74) is 5.45. The van der Waals surface area contributed by atoms with Crippen LogP contribution in [0.15, 0.2) is 66.7 Å². The third-order valence-corrected chi connectivity index (χ3v) is 4.48. The van der Waals surface area contributed by atoms with Gasteiger partial charge in [-0.3, -0.25) is 0 Å². The molecule has 0 aromatic heterocycles. The standard InChI is InChI=1S/C27H23F/c1-3-4-5-22-7-9-23(10-8-22)11-12-24-13-15-25(16-14-24)17-19-26-18-6-21(2)20-27(26)28/h6-10,13-16,18,20H,3-5H2,1-2H3. The minimum Gasteiger partial charge on any atom is -0.206 e. The Hall–Kier alpha value is -3.29. The number of benzene rings is 3. The Bertz CT molecular complexity index is 1050. The molecule has 0 heterocycles. The number of hydrogen-bond acceptors (Lipinski definition) is 0. The fourth-order valence-corrected chi connectivity index (χ4v) is 2.78. The highest BCUT2D eigenvalue weighted by molar-refractivity contribution is 5.48. The van der Waals surface area contributed by atoms with Gasteiger partial charge in [-0.15, -0.1) is 0 Å². The molecule has 138 valence electrons. The second kappa shape index (κ2) is 9.59. The van der Waals surface area contributed by atoms with Crippen molar-refractivity contribution in [3.63, 3.8) is 0 Å². The highest BCUT2D eigenvalue weighted by atomic mass is 19.1. The van der Waals surface area contributed by atoms with Crippen LogP contribution in [0.4, 0.5) is 4.39 Å². The van der Waals surface area contributed by atoms with Crippen LogP contribution in [0.5, 0.6) is 0 Å². The first kappa shape index (κ1) is 19.5. The number of unbranched alkanes of at least 4 members (excludes halogenated alkanes) is 1. The minimum atomic E-state index is -0.282. The molecule has 0 unspecified atom stereocenters. The van der Waals surface area contributed by atoms with Gasteiger partial charge in [0.2, 0.25) is 0 Å². The molecule has 0 saturated carbocycles. The molecule has 1 heteroatoms. The van der Waals surface area contributed by atoms with Crippen LogP contribution in [0.1, 0.15) is 53.1 Å². The lowest BCUT2D eigenvalue weighted by Gasteiger charge is -1.99. The van der Waals surface area contributed by atoms with Crippen molar-refractivity contribution in [2.75, 3.05) is 0 Å². The fourth-order valence-electron chi connectivity index (χ4n) is 2.78. The Kier molecular flexibility index (Phi) is 6.67. The molecule has 0 fully saturated rings. The molecule has 0 spiro atoms. The molecule has 0 saturated heterocycles. The lowest BCUT2D eigenvalue weighted by atomic mass is 10.1. The number of rotatable bonds is 3. The van der Waals surface area contributed by atoms with Crippen molar-refractivity contribution in [2.45, 2.75) is 33.1 Å². The Morgan fingerprint density at radius 3 is 1.79 bits per heavy atom. The zero-order chi connectivity index (χ0) is 19.8. The molecule has 3 aromatic rings. The van der Waals surface area contributed by atoms with E-state index in [-0.39, 0.29) is 5.82 Å². The van der Waals surface area contributed by atoms with Gasteiger partial charge in [-0.05, 0) is 79.4 Å². The summed E-state index contributed by atoms with van der Waals surface area (Å²) in [5, 5.41) is 0. The number of hydrogen-bond donors (Lipinski definition) is 0. The molecular formula is C27H23F. The largest absolute Gasteiger partial charge is 0.206 e. The molecule has 0 bridgehead atoms. The lowest BCUT2D eigenvalue weighted by Crippen LogP contribution is -1.85. The molecule has 0 aliphatic carbocycles. The van der Waals surface area contributed by atoms with Gasteiger partial charge in [0.05, 0.1) is 5.56 Å². The summed E-state index contributed by atoms with van der Waals surface area (Å²) in [4.78, 5) is 0. The normalized spacial score (nSPS) is 9.82. The van der Waals surface area contributed by atoms with Crippen LogP contribution in [-0.4, -0.2) is 0 Å². The predicted octanol–water partition coefficient (Wildman–Crippen LogP) is 6.28. The van der Waals surface area contributed by atoms with Gasteiger partial charge in [-0.1, -0.05) is 55.2 Å². The van der Waals surface area contributed by atoms with Gasteiger partial charge in [0, 0.05) is 16.7 Å². The second-order valence-corrected chi connectivity index (χ2v) is 6.86. The van der Waals surface area contributed by atoms with E-state index in [1.165, 1.54) is 24.5 Å². The molecule has 0 N–H and O–H groups in total. The van der Waals surface area contributed by atoms with Crippen LogP contribution in [0.25, 0.3) is 0 Å². The van der Waals surface area contributed by atoms with E-state index < -0.39 is 0 Å². The van der Waals surface area contributed by atoms with Crippen molar-refractivity contribution in [3.8, 4) is 23.7 Å². The molecular weight excluding hydrogens is 343 g/mol. The van der Waals surface area contributed by atoms with Crippen LogP contribution in [0, 0.1) is 36.4 Å². The summed E-state index contributed by atoms with van der Waals surface area (Å²) >= 11 is 0. The zero-order valence-corrected chi connectivity index (χ0v) is 16.4. The molecule has 3 aromatic carbocycles. The smallest absolute Gasteiger partial charge is 0.139 e. The van der Waals surface area contributed by atoms with Crippen LogP contribution in [0.3, 0.4) is 0 Å². The molecule has 0 aliphatic heterocycles. The number of aryl methyl sites for hydroxylation is 2. The van der Waals surface area contributed by atoms with Gasteiger partial charge in [-0.25, -0.2) is 4.39 Å². The predicted molar refractivity (Wildman–Crippen MR) is 115 cm³/mol. The summed E-state index contributed by atoms with van der Waals surface area (Å²) in [5.74, 6) is 12.0. The van der Waals surface area contributed by atoms with Crippen LogP contribution in [-0.2, 0) is 6.42 Å². The maximum atomic E-state index is 13.8. The highest BCUT2D eigenvalue weighted by Gasteiger charge is 1.98. The highest BCUT2D eigenvalue weighted by Crippen LogP contribution is 2.10. The van der Waals surface area contributed by atoms with Crippen molar-refractivity contribution < 1.29 is 4.39 Å². The Morgan fingerprint density at radius 2 is 1.25 bits per heavy atom. The lowest BCUT2D eigenvalue weighted by molar-refractivity contribution is 0.623. The van der Waals surface area contributed by atoms with Gasteiger partial charge in [0.15, 0.2) is 0 Å². The topological polar surface area (TPSA) is 0 Å². The maximum Gasteiger partial charge on any atom is 0.139 e. The molecule has 28 heavy (non-hydrogen) atoms. The molecule has 0 amide bonds. The summed E-state index contributed by atoms with van der Waals surface area (Å²) in [6.45, 7) is 4.07. The van der Waals surface area contributed by atoms with E-state index in [9.17, 15) is 4.39 Å². The summed E-state index contributed by atoms with van der Waals surface area (Å²) < 4.78 is 13.8. The van der Waals surface area contributed by atoms with Gasteiger partial charge in [-0.2, -0.15) is 0 Å². The monoisotopic (exact) mass is 366 g/mol. The van der Waals surface area contributed by atoms with Gasteiger partial charge < -0.3 is 0 Å². The van der Waals surface area contributed by atoms with Crippen molar-refractivity contribution in [2.24, 2.45) is 0 Å². The molecule has 0 nitrogen and oxygen atoms in total. The van der Waals surface area contributed by atoms with Gasteiger partial charge in [0.1, 0.15) is 5.82 Å². The van der Waals surface area contributed by atoms with E-state index in [1.807, 2.05) is 37.3 Å². The first-order valence-electron chi connectivity index (χ1n) is 9.63. The molecule has 0 aliphatic rings. The second-order valence-electron chi connectivity index (χ2n) is 6.86. The summed E-state index contributed by atoms with van der Waals surface area (Å²) in [6.07, 6.45) is 3.55. The Morgan fingerprint density at radius 1 is 0.714 bits per heavy atom. The van der Waals surface area contributed by atoms with Crippen LogP contribution < -0.4 is 0 Å². The summed E-state index contributed by atoms with van der Waals surface area (Å²) in [7, 11) is 0.